The summed E-state index contributed by atoms with van der Waals surface area (Å²) in [7, 11) is 0. The lowest BCUT2D eigenvalue weighted by Crippen LogP contribution is -2.44. The third kappa shape index (κ3) is 5.73. The van der Waals surface area contributed by atoms with Crippen LogP contribution < -0.4 is 5.32 Å². The van der Waals surface area contributed by atoms with E-state index >= 15 is 0 Å². The second-order valence-corrected chi connectivity index (χ2v) is 6.46. The van der Waals surface area contributed by atoms with Crippen molar-refractivity contribution in [2.45, 2.75) is 46.5 Å². The van der Waals surface area contributed by atoms with Crippen LogP contribution in [0, 0.1) is 11.3 Å². The fourth-order valence-electron chi connectivity index (χ4n) is 2.70. The summed E-state index contributed by atoms with van der Waals surface area (Å²) < 4.78 is 0. The second-order valence-electron chi connectivity index (χ2n) is 6.46. The Morgan fingerprint density at radius 3 is 2.24 bits per heavy atom. The van der Waals surface area contributed by atoms with Crippen molar-refractivity contribution in [3.05, 3.63) is 0 Å². The van der Waals surface area contributed by atoms with Crippen LogP contribution in [0.3, 0.4) is 0 Å². The Morgan fingerprint density at radius 1 is 1.19 bits per heavy atom. The van der Waals surface area contributed by atoms with Gasteiger partial charge in [-0.05, 0) is 25.2 Å². The van der Waals surface area contributed by atoms with E-state index in [1.807, 2.05) is 6.92 Å². The molecule has 0 atom stereocenters. The highest BCUT2D eigenvalue weighted by Gasteiger charge is 2.31. The van der Waals surface area contributed by atoms with Crippen LogP contribution in [0.1, 0.15) is 46.5 Å². The number of nitrogens with one attached hydrogen (secondary N) is 1. The molecule has 0 aromatic heterocycles. The summed E-state index contributed by atoms with van der Waals surface area (Å²) in [6, 6.07) is 0. The summed E-state index contributed by atoms with van der Waals surface area (Å²) in [6.45, 7) is 7.25. The number of nitrogens with zero attached hydrogens (tertiary/aromatic N) is 1. The minimum atomic E-state index is -0.886. The van der Waals surface area contributed by atoms with E-state index in [1.165, 1.54) is 0 Å². The number of carboxylic acids is 1. The van der Waals surface area contributed by atoms with Crippen molar-refractivity contribution in [1.29, 1.82) is 0 Å². The third-order valence-electron chi connectivity index (χ3n) is 3.83. The molecule has 0 aromatic rings. The molecule has 1 saturated heterocycles. The number of carbonyl (C=O) groups is 3. The van der Waals surface area contributed by atoms with Gasteiger partial charge in [0.05, 0.1) is 6.42 Å². The smallest absolute Gasteiger partial charge is 0.303 e. The van der Waals surface area contributed by atoms with Crippen LogP contribution >= 0.6 is 0 Å². The van der Waals surface area contributed by atoms with Gasteiger partial charge in [-0.1, -0.05) is 13.8 Å². The van der Waals surface area contributed by atoms with E-state index in [2.05, 4.69) is 5.32 Å². The Bertz CT molecular complexity index is 398. The number of carbonyl (C=O) groups excluding carboxylic acids is 2. The zero-order valence-electron chi connectivity index (χ0n) is 13.1. The number of amides is 2. The maximum atomic E-state index is 12.2. The van der Waals surface area contributed by atoms with Crippen molar-refractivity contribution in [1.82, 2.24) is 10.2 Å². The first-order valence-electron chi connectivity index (χ1n) is 7.52. The highest BCUT2D eigenvalue weighted by molar-refractivity contribution is 5.80. The Morgan fingerprint density at radius 2 is 1.76 bits per heavy atom. The first-order valence-corrected chi connectivity index (χ1v) is 7.52. The summed E-state index contributed by atoms with van der Waals surface area (Å²) in [5, 5.41) is 11.7. The molecule has 21 heavy (non-hydrogen) atoms. The Labute approximate surface area is 125 Å². The number of rotatable bonds is 6. The van der Waals surface area contributed by atoms with Gasteiger partial charge in [-0.3, -0.25) is 14.4 Å². The Balaban J connectivity index is 2.45. The molecule has 6 nitrogen and oxygen atoms in total. The quantitative estimate of drug-likeness (QED) is 0.772. The van der Waals surface area contributed by atoms with Gasteiger partial charge in [0.1, 0.15) is 0 Å². The minimum absolute atomic E-state index is 0.0129. The highest BCUT2D eigenvalue weighted by atomic mass is 16.4. The van der Waals surface area contributed by atoms with Crippen molar-refractivity contribution >= 4 is 17.8 Å². The van der Waals surface area contributed by atoms with Crippen molar-refractivity contribution in [2.24, 2.45) is 11.3 Å². The molecule has 0 saturated carbocycles. The van der Waals surface area contributed by atoms with E-state index in [4.69, 9.17) is 5.11 Å². The van der Waals surface area contributed by atoms with E-state index in [0.717, 1.165) is 0 Å². The number of carboxylic acid groups (broad SMARTS) is 1. The predicted molar refractivity (Wildman–Crippen MR) is 78.6 cm³/mol. The largest absolute Gasteiger partial charge is 0.481 e. The zero-order valence-corrected chi connectivity index (χ0v) is 13.1. The fraction of sp³-hybridized carbons (Fsp3) is 0.800. The van der Waals surface area contributed by atoms with Gasteiger partial charge in [0.2, 0.25) is 11.8 Å². The predicted octanol–water partition coefficient (Wildman–Crippen LogP) is 1.25. The summed E-state index contributed by atoms with van der Waals surface area (Å²) in [5.41, 5.74) is -0.542. The molecular formula is C15H26N2O4. The average molecular weight is 298 g/mol. The van der Waals surface area contributed by atoms with Crippen molar-refractivity contribution < 1.29 is 19.5 Å². The molecule has 2 amide bonds. The molecular weight excluding hydrogens is 272 g/mol. The Kier molecular flexibility index (Phi) is 6.18. The van der Waals surface area contributed by atoms with Crippen molar-refractivity contribution in [3.8, 4) is 0 Å². The molecule has 1 aliphatic heterocycles. The van der Waals surface area contributed by atoms with Crippen molar-refractivity contribution in [2.75, 3.05) is 19.6 Å². The monoisotopic (exact) mass is 298 g/mol. The van der Waals surface area contributed by atoms with Gasteiger partial charge in [0.15, 0.2) is 0 Å². The molecule has 0 radical (unpaired) electrons. The lowest BCUT2D eigenvalue weighted by Gasteiger charge is -2.33. The maximum Gasteiger partial charge on any atom is 0.303 e. The highest BCUT2D eigenvalue weighted by Crippen LogP contribution is 2.27. The summed E-state index contributed by atoms with van der Waals surface area (Å²) in [6.07, 6.45) is 1.56. The molecule has 2 N–H and O–H groups in total. The molecule has 120 valence electrons. The van der Waals surface area contributed by atoms with Gasteiger partial charge in [-0.25, -0.2) is 0 Å². The van der Waals surface area contributed by atoms with Crippen LogP contribution in [0.4, 0.5) is 0 Å². The molecule has 1 heterocycles. The first kappa shape index (κ1) is 17.5. The number of hydrogen-bond donors (Lipinski definition) is 2. The molecule has 0 spiro atoms. The molecule has 0 unspecified atom stereocenters. The van der Waals surface area contributed by atoms with Gasteiger partial charge in [-0.15, -0.1) is 0 Å². The standard InChI is InChI=1S/C15H26N2O4/c1-4-16-14(21)11-5-7-17(8-6-11)12(18)9-15(2,3)10-13(19)20/h11H,4-10H2,1-3H3,(H,16,21)(H,19,20). The topological polar surface area (TPSA) is 86.7 Å². The van der Waals surface area contributed by atoms with Gasteiger partial charge < -0.3 is 15.3 Å². The van der Waals surface area contributed by atoms with Gasteiger partial charge in [0, 0.05) is 32.0 Å². The van der Waals surface area contributed by atoms with Gasteiger partial charge in [-0.2, -0.15) is 0 Å². The number of piperidine rings is 1. The lowest BCUT2D eigenvalue weighted by molar-refractivity contribution is -0.141. The normalized spacial score (nSPS) is 16.6. The van der Waals surface area contributed by atoms with Crippen LogP contribution in [0.2, 0.25) is 0 Å². The van der Waals surface area contributed by atoms with E-state index in [9.17, 15) is 14.4 Å². The molecule has 1 fully saturated rings. The van der Waals surface area contributed by atoms with Gasteiger partial charge >= 0.3 is 5.97 Å². The molecule has 1 aliphatic rings. The molecule has 0 aromatic carbocycles. The van der Waals surface area contributed by atoms with E-state index in [-0.39, 0.29) is 30.6 Å². The number of likely N-dealkylation sites (tertiary alicyclic amines) is 1. The molecule has 6 heteroatoms. The summed E-state index contributed by atoms with van der Waals surface area (Å²) >= 11 is 0. The van der Waals surface area contributed by atoms with E-state index in [1.54, 1.807) is 18.7 Å². The SMILES string of the molecule is CCNC(=O)C1CCN(C(=O)CC(C)(C)CC(=O)O)CC1. The van der Waals surface area contributed by atoms with Gasteiger partial charge in [0.25, 0.3) is 0 Å². The summed E-state index contributed by atoms with van der Waals surface area (Å²) in [5.74, 6) is -0.852. The average Bonchev–Trinajstić information content (AvgIpc) is 2.37. The van der Waals surface area contributed by atoms with E-state index < -0.39 is 11.4 Å². The van der Waals surface area contributed by atoms with Crippen LogP contribution in [0.15, 0.2) is 0 Å². The third-order valence-corrected chi connectivity index (χ3v) is 3.83. The first-order chi connectivity index (χ1) is 9.75. The van der Waals surface area contributed by atoms with Crippen LogP contribution in [0.25, 0.3) is 0 Å². The Hall–Kier alpha value is -1.59. The number of aliphatic carboxylic acids is 1. The van der Waals surface area contributed by atoms with E-state index in [0.29, 0.717) is 32.5 Å². The fourth-order valence-corrected chi connectivity index (χ4v) is 2.70. The van der Waals surface area contributed by atoms with Crippen LogP contribution in [0.5, 0.6) is 0 Å². The maximum absolute atomic E-state index is 12.2. The zero-order chi connectivity index (χ0) is 16.0. The molecule has 0 bridgehead atoms. The minimum Gasteiger partial charge on any atom is -0.481 e. The molecule has 0 aliphatic carbocycles. The molecule has 1 rings (SSSR count). The lowest BCUT2D eigenvalue weighted by atomic mass is 9.84. The van der Waals surface area contributed by atoms with Crippen LogP contribution in [-0.2, 0) is 14.4 Å². The number of hydrogen-bond acceptors (Lipinski definition) is 3. The summed E-state index contributed by atoms with van der Waals surface area (Å²) in [4.78, 5) is 36.5. The second kappa shape index (κ2) is 7.43. The van der Waals surface area contributed by atoms with Crippen LogP contribution in [-0.4, -0.2) is 47.4 Å². The van der Waals surface area contributed by atoms with Crippen molar-refractivity contribution in [3.63, 3.8) is 0 Å².